The van der Waals surface area contributed by atoms with E-state index >= 15 is 0 Å². The molecule has 0 aliphatic rings. The maximum Gasteiger partial charge on any atom is 0.282 e. The zero-order valence-corrected chi connectivity index (χ0v) is 15.0. The molecule has 7 heteroatoms. The number of carbonyl (C=O) groups is 1. The molecule has 0 aliphatic carbocycles. The maximum absolute atomic E-state index is 13.7. The van der Waals surface area contributed by atoms with Crippen LogP contribution in [0.25, 0.3) is 0 Å². The maximum atomic E-state index is 13.7. The lowest BCUT2D eigenvalue weighted by Gasteiger charge is -2.21. The highest BCUT2D eigenvalue weighted by Crippen LogP contribution is 2.19. The molecule has 0 heterocycles. The topological polar surface area (TPSA) is 33.5 Å². The lowest BCUT2D eigenvalue weighted by molar-refractivity contribution is -0.907. The second kappa shape index (κ2) is 8.40. The highest BCUT2D eigenvalue weighted by molar-refractivity contribution is 7.98. The third kappa shape index (κ3) is 4.76. The monoisotopic (exact) mass is 369 g/mol. The van der Waals surface area contributed by atoms with Crippen molar-refractivity contribution < 1.29 is 22.9 Å². The summed E-state index contributed by atoms with van der Waals surface area (Å²) in [5.74, 6) is -4.76. The average molecular weight is 369 g/mol. The van der Waals surface area contributed by atoms with Gasteiger partial charge in [0.15, 0.2) is 23.5 Å². The summed E-state index contributed by atoms with van der Waals surface area (Å²) in [5.41, 5.74) is 0.696. The van der Waals surface area contributed by atoms with Gasteiger partial charge in [-0.3, -0.25) is 4.79 Å². The third-order valence-electron chi connectivity index (χ3n) is 4.07. The molecule has 2 aromatic carbocycles. The molecule has 0 fully saturated rings. The number of hydrogen-bond donors (Lipinski definition) is 2. The molecule has 0 radical (unpaired) electrons. The normalized spacial score (nSPS) is 13.4. The number of thioether (sulfide) groups is 1. The van der Waals surface area contributed by atoms with Crippen LogP contribution in [0.3, 0.4) is 0 Å². The Morgan fingerprint density at radius 2 is 1.76 bits per heavy atom. The van der Waals surface area contributed by atoms with Crippen LogP contribution in [0.4, 0.5) is 18.9 Å². The molecule has 3 nitrogen and oxygen atoms in total. The van der Waals surface area contributed by atoms with E-state index in [0.717, 1.165) is 27.5 Å². The molecule has 0 aliphatic heterocycles. The van der Waals surface area contributed by atoms with E-state index in [9.17, 15) is 18.0 Å². The van der Waals surface area contributed by atoms with E-state index in [1.807, 2.05) is 37.6 Å². The quantitative estimate of drug-likeness (QED) is 0.606. The number of halogens is 3. The fraction of sp³-hybridized carbons (Fsp3) is 0.278. The minimum atomic E-state index is -1.60. The predicted octanol–water partition coefficient (Wildman–Crippen LogP) is 2.87. The van der Waals surface area contributed by atoms with Gasteiger partial charge in [-0.05, 0) is 37.4 Å². The Bertz CT molecular complexity index is 753. The fourth-order valence-corrected chi connectivity index (χ4v) is 2.71. The van der Waals surface area contributed by atoms with Crippen molar-refractivity contribution in [2.24, 2.45) is 0 Å². The molecule has 134 valence electrons. The number of rotatable bonds is 6. The predicted molar refractivity (Wildman–Crippen MR) is 93.2 cm³/mol. The number of anilines is 1. The molecule has 2 rings (SSSR count). The minimum Gasteiger partial charge on any atom is -0.324 e. The standard InChI is InChI=1S/C18H19F3N2OS/c1-11(23(2)10-12-4-6-13(25-3)7-5-12)18(24)22-15-9-8-14(19)16(20)17(15)21/h4-9,11H,10H2,1-3H3,(H,22,24)/p+1/t11-/m1/s1. The zero-order chi connectivity index (χ0) is 18.6. The van der Waals surface area contributed by atoms with Gasteiger partial charge >= 0.3 is 0 Å². The summed E-state index contributed by atoms with van der Waals surface area (Å²) in [6.45, 7) is 2.29. The van der Waals surface area contributed by atoms with Crippen molar-refractivity contribution in [2.75, 3.05) is 18.6 Å². The highest BCUT2D eigenvalue weighted by Gasteiger charge is 2.24. The fourth-order valence-electron chi connectivity index (χ4n) is 2.31. The van der Waals surface area contributed by atoms with E-state index in [0.29, 0.717) is 6.54 Å². The van der Waals surface area contributed by atoms with Gasteiger partial charge in [-0.1, -0.05) is 12.1 Å². The van der Waals surface area contributed by atoms with Crippen LogP contribution in [0.2, 0.25) is 0 Å². The average Bonchev–Trinajstić information content (AvgIpc) is 2.62. The molecule has 2 atom stereocenters. The summed E-state index contributed by atoms with van der Waals surface area (Å²) in [7, 11) is 1.84. The lowest BCUT2D eigenvalue weighted by atomic mass is 10.2. The molecule has 0 aromatic heterocycles. The lowest BCUT2D eigenvalue weighted by Crippen LogP contribution is -3.12. The molecule has 0 spiro atoms. The Labute approximate surface area is 149 Å². The molecule has 0 bridgehead atoms. The van der Waals surface area contributed by atoms with Crippen molar-refractivity contribution in [3.05, 3.63) is 59.4 Å². The number of hydrogen-bond acceptors (Lipinski definition) is 2. The molecule has 2 aromatic rings. The van der Waals surface area contributed by atoms with E-state index in [1.54, 1.807) is 18.7 Å². The largest absolute Gasteiger partial charge is 0.324 e. The van der Waals surface area contributed by atoms with Gasteiger partial charge in [-0.25, -0.2) is 13.2 Å². The van der Waals surface area contributed by atoms with Gasteiger partial charge in [0.05, 0.1) is 12.7 Å². The third-order valence-corrected chi connectivity index (χ3v) is 4.81. The van der Waals surface area contributed by atoms with Crippen LogP contribution in [0.1, 0.15) is 12.5 Å². The van der Waals surface area contributed by atoms with Crippen LogP contribution in [0.15, 0.2) is 41.3 Å². The van der Waals surface area contributed by atoms with Gasteiger partial charge in [-0.15, -0.1) is 11.8 Å². The number of carbonyl (C=O) groups excluding carboxylic acids is 1. The second-order valence-corrected chi connectivity index (χ2v) is 6.68. The first-order valence-corrected chi connectivity index (χ1v) is 8.95. The van der Waals surface area contributed by atoms with E-state index < -0.39 is 29.4 Å². The van der Waals surface area contributed by atoms with E-state index in [-0.39, 0.29) is 5.69 Å². The molecule has 0 saturated heterocycles. The first-order chi connectivity index (χ1) is 11.8. The Balaban J connectivity index is 2.02. The Kier molecular flexibility index (Phi) is 6.50. The SMILES string of the molecule is CSc1ccc(C[NH+](C)[C@H](C)C(=O)Nc2ccc(F)c(F)c2F)cc1. The van der Waals surface area contributed by atoms with Crippen molar-refractivity contribution in [2.45, 2.75) is 24.4 Å². The second-order valence-electron chi connectivity index (χ2n) is 5.81. The van der Waals surface area contributed by atoms with Gasteiger partial charge in [0.25, 0.3) is 5.91 Å². The Hall–Kier alpha value is -1.99. The molecule has 25 heavy (non-hydrogen) atoms. The van der Waals surface area contributed by atoms with Gasteiger partial charge in [0.2, 0.25) is 0 Å². The molecule has 1 unspecified atom stereocenters. The summed E-state index contributed by atoms with van der Waals surface area (Å²) in [5, 5.41) is 2.32. The van der Waals surface area contributed by atoms with Crippen LogP contribution in [0, 0.1) is 17.5 Å². The number of likely N-dealkylation sites (N-methyl/N-ethyl adjacent to an activating group) is 1. The van der Waals surface area contributed by atoms with Gasteiger partial charge in [-0.2, -0.15) is 0 Å². The van der Waals surface area contributed by atoms with Crippen LogP contribution in [0.5, 0.6) is 0 Å². The van der Waals surface area contributed by atoms with Crippen molar-refractivity contribution in [1.29, 1.82) is 0 Å². The van der Waals surface area contributed by atoms with Crippen molar-refractivity contribution in [1.82, 2.24) is 0 Å². The summed E-state index contributed by atoms with van der Waals surface area (Å²) < 4.78 is 39.9. The number of quaternary nitrogens is 1. The number of nitrogens with one attached hydrogen (secondary N) is 2. The molecular formula is C18H20F3N2OS+. The van der Waals surface area contributed by atoms with Crippen LogP contribution in [-0.2, 0) is 11.3 Å². The molecule has 2 N–H and O–H groups in total. The summed E-state index contributed by atoms with van der Waals surface area (Å²) in [4.78, 5) is 14.3. The van der Waals surface area contributed by atoms with Crippen molar-refractivity contribution in [3.63, 3.8) is 0 Å². The van der Waals surface area contributed by atoms with Gasteiger partial charge in [0, 0.05) is 10.5 Å². The van der Waals surface area contributed by atoms with E-state index in [2.05, 4.69) is 5.32 Å². The summed E-state index contributed by atoms with van der Waals surface area (Å²) in [6.07, 6.45) is 2.00. The summed E-state index contributed by atoms with van der Waals surface area (Å²) in [6, 6.07) is 9.29. The first kappa shape index (κ1) is 19.3. The van der Waals surface area contributed by atoms with Crippen LogP contribution < -0.4 is 10.2 Å². The Morgan fingerprint density at radius 3 is 2.36 bits per heavy atom. The number of benzene rings is 2. The molecular weight excluding hydrogens is 349 g/mol. The van der Waals surface area contributed by atoms with Gasteiger partial charge in [0.1, 0.15) is 6.54 Å². The smallest absolute Gasteiger partial charge is 0.282 e. The zero-order valence-electron chi connectivity index (χ0n) is 14.2. The summed E-state index contributed by atoms with van der Waals surface area (Å²) >= 11 is 1.65. The van der Waals surface area contributed by atoms with E-state index in [1.165, 1.54) is 0 Å². The van der Waals surface area contributed by atoms with Crippen molar-refractivity contribution >= 4 is 23.4 Å². The van der Waals surface area contributed by atoms with Crippen LogP contribution >= 0.6 is 11.8 Å². The number of amides is 1. The van der Waals surface area contributed by atoms with Crippen LogP contribution in [-0.4, -0.2) is 25.3 Å². The Morgan fingerprint density at radius 1 is 1.12 bits per heavy atom. The first-order valence-electron chi connectivity index (χ1n) is 7.73. The highest BCUT2D eigenvalue weighted by atomic mass is 32.2. The molecule has 1 amide bonds. The molecule has 0 saturated carbocycles. The van der Waals surface area contributed by atoms with Crippen molar-refractivity contribution in [3.8, 4) is 0 Å². The minimum absolute atomic E-state index is 0.368. The van der Waals surface area contributed by atoms with E-state index in [4.69, 9.17) is 0 Å². The van der Waals surface area contributed by atoms with Gasteiger partial charge < -0.3 is 10.2 Å².